The summed E-state index contributed by atoms with van der Waals surface area (Å²) in [5.74, 6) is -0.864. The van der Waals surface area contributed by atoms with Crippen LogP contribution in [0.1, 0.15) is 11.1 Å². The van der Waals surface area contributed by atoms with Crippen LogP contribution in [0.2, 0.25) is 0 Å². The second kappa shape index (κ2) is 8.45. The Morgan fingerprint density at radius 2 is 1.93 bits per heavy atom. The molecule has 11 heteroatoms. The fourth-order valence-electron chi connectivity index (χ4n) is 3.09. The standard InChI is InChI=1S/C19H15FIN3O5S/c20-16-6-15(3-1-12(16)7-22)29-18-9-24(10-19(18,26)11-25)30(27,28)17-4-2-14(21)5-13(17)8-23/h1-6,18,25-26H,9-11H2/t18?,19-/m1/s1. The lowest BCUT2D eigenvalue weighted by atomic mass is 10.0. The van der Waals surface area contributed by atoms with Crippen molar-refractivity contribution in [3.63, 3.8) is 0 Å². The van der Waals surface area contributed by atoms with Crippen molar-refractivity contribution < 1.29 is 27.8 Å². The largest absolute Gasteiger partial charge is 0.486 e. The highest BCUT2D eigenvalue weighted by atomic mass is 127. The number of hydrogen-bond acceptors (Lipinski definition) is 7. The van der Waals surface area contributed by atoms with Crippen molar-refractivity contribution in [2.75, 3.05) is 19.7 Å². The number of nitrogens with zero attached hydrogens (tertiary/aromatic N) is 3. The van der Waals surface area contributed by atoms with Crippen molar-refractivity contribution in [3.05, 3.63) is 56.9 Å². The lowest BCUT2D eigenvalue weighted by molar-refractivity contribution is -0.0641. The van der Waals surface area contributed by atoms with E-state index in [4.69, 9.17) is 10.00 Å². The third kappa shape index (κ3) is 4.12. The number of halogens is 2. The minimum Gasteiger partial charge on any atom is -0.486 e. The van der Waals surface area contributed by atoms with Gasteiger partial charge >= 0.3 is 0 Å². The highest BCUT2D eigenvalue weighted by Crippen LogP contribution is 2.32. The molecule has 2 aromatic carbocycles. The molecule has 3 rings (SSSR count). The summed E-state index contributed by atoms with van der Waals surface area (Å²) < 4.78 is 47.2. The highest BCUT2D eigenvalue weighted by Gasteiger charge is 2.51. The minimum atomic E-state index is -4.18. The number of nitriles is 2. The van der Waals surface area contributed by atoms with Crippen LogP contribution in [0.4, 0.5) is 4.39 Å². The van der Waals surface area contributed by atoms with Gasteiger partial charge in [0.25, 0.3) is 0 Å². The molecular weight excluding hydrogens is 528 g/mol. The van der Waals surface area contributed by atoms with E-state index in [1.807, 2.05) is 28.7 Å². The van der Waals surface area contributed by atoms with E-state index in [9.17, 15) is 28.3 Å². The molecule has 0 aromatic heterocycles. The lowest BCUT2D eigenvalue weighted by Gasteiger charge is -2.27. The minimum absolute atomic E-state index is 0.0328. The van der Waals surface area contributed by atoms with Gasteiger partial charge in [-0.05, 0) is 52.9 Å². The fraction of sp³-hybridized carbons (Fsp3) is 0.263. The Labute approximate surface area is 185 Å². The topological polar surface area (TPSA) is 135 Å². The first kappa shape index (κ1) is 22.4. The van der Waals surface area contributed by atoms with Crippen LogP contribution in [-0.2, 0) is 10.0 Å². The number of sulfonamides is 1. The van der Waals surface area contributed by atoms with Crippen LogP contribution in [0.15, 0.2) is 41.3 Å². The van der Waals surface area contributed by atoms with Crippen molar-refractivity contribution >= 4 is 32.6 Å². The van der Waals surface area contributed by atoms with Crippen LogP contribution >= 0.6 is 22.6 Å². The van der Waals surface area contributed by atoms with E-state index in [1.165, 1.54) is 30.3 Å². The van der Waals surface area contributed by atoms with E-state index < -0.39 is 40.7 Å². The molecule has 2 N–H and O–H groups in total. The van der Waals surface area contributed by atoms with Crippen LogP contribution in [0.3, 0.4) is 0 Å². The number of hydrogen-bond donors (Lipinski definition) is 2. The molecule has 0 aliphatic carbocycles. The smallest absolute Gasteiger partial charge is 0.244 e. The third-order valence-electron chi connectivity index (χ3n) is 4.71. The Morgan fingerprint density at radius 1 is 1.23 bits per heavy atom. The van der Waals surface area contributed by atoms with Crippen LogP contribution in [-0.4, -0.2) is 54.3 Å². The molecular formula is C19H15FIN3O5S. The summed E-state index contributed by atoms with van der Waals surface area (Å²) in [4.78, 5) is -0.226. The van der Waals surface area contributed by atoms with Gasteiger partial charge in [0.2, 0.25) is 10.0 Å². The van der Waals surface area contributed by atoms with Crippen molar-refractivity contribution in [3.8, 4) is 17.9 Å². The first-order valence-electron chi connectivity index (χ1n) is 8.54. The van der Waals surface area contributed by atoms with E-state index in [-0.39, 0.29) is 28.3 Å². The molecule has 0 amide bonds. The van der Waals surface area contributed by atoms with Gasteiger partial charge in [0.05, 0.1) is 24.3 Å². The van der Waals surface area contributed by atoms with Gasteiger partial charge in [0, 0.05) is 16.2 Å². The predicted molar refractivity (Wildman–Crippen MR) is 110 cm³/mol. The fourth-order valence-corrected chi connectivity index (χ4v) is 5.20. The van der Waals surface area contributed by atoms with E-state index in [0.717, 1.165) is 10.4 Å². The number of β-amino-alcohol motifs (C(OH)–C–C–N with tert-alkyl or cyclic N) is 1. The molecule has 1 saturated heterocycles. The number of rotatable bonds is 5. The first-order chi connectivity index (χ1) is 14.1. The molecule has 1 aliphatic rings. The molecule has 2 aromatic rings. The van der Waals surface area contributed by atoms with E-state index in [2.05, 4.69) is 0 Å². The summed E-state index contributed by atoms with van der Waals surface area (Å²) >= 11 is 1.95. The molecule has 2 atom stereocenters. The second-order valence-corrected chi connectivity index (χ2v) is 9.82. The number of ether oxygens (including phenoxy) is 1. The van der Waals surface area contributed by atoms with E-state index in [0.29, 0.717) is 3.57 Å². The van der Waals surface area contributed by atoms with Crippen molar-refractivity contribution in [1.29, 1.82) is 10.5 Å². The van der Waals surface area contributed by atoms with Crippen molar-refractivity contribution in [1.82, 2.24) is 4.31 Å². The Kier molecular flexibility index (Phi) is 6.31. The van der Waals surface area contributed by atoms with Gasteiger partial charge in [-0.2, -0.15) is 14.8 Å². The maximum Gasteiger partial charge on any atom is 0.244 e. The van der Waals surface area contributed by atoms with Crippen LogP contribution in [0, 0.1) is 32.0 Å². The molecule has 1 fully saturated rings. The van der Waals surface area contributed by atoms with Crippen molar-refractivity contribution in [2.45, 2.75) is 16.6 Å². The lowest BCUT2D eigenvalue weighted by Crippen LogP contribution is -2.48. The van der Waals surface area contributed by atoms with Crippen molar-refractivity contribution in [2.24, 2.45) is 0 Å². The van der Waals surface area contributed by atoms with Gasteiger partial charge in [-0.1, -0.05) is 0 Å². The van der Waals surface area contributed by atoms with E-state index >= 15 is 0 Å². The van der Waals surface area contributed by atoms with Crippen LogP contribution in [0.5, 0.6) is 5.75 Å². The van der Waals surface area contributed by atoms with Crippen LogP contribution in [0.25, 0.3) is 0 Å². The van der Waals surface area contributed by atoms with Gasteiger partial charge in [0.1, 0.15) is 40.3 Å². The van der Waals surface area contributed by atoms with Gasteiger partial charge in [-0.25, -0.2) is 12.8 Å². The molecule has 0 bridgehead atoms. The summed E-state index contributed by atoms with van der Waals surface area (Å²) in [5.41, 5.74) is -2.20. The number of aliphatic hydroxyl groups excluding tert-OH is 1. The monoisotopic (exact) mass is 543 g/mol. The zero-order chi connectivity index (χ0) is 22.1. The SMILES string of the molecule is N#Cc1ccc(OC2CN(S(=O)(=O)c3ccc(I)cc3C#N)C[C@@]2(O)CO)cc1F. The maximum atomic E-state index is 13.9. The Balaban J connectivity index is 1.92. The molecule has 1 aliphatic heterocycles. The average Bonchev–Trinajstić information content (AvgIpc) is 3.05. The summed E-state index contributed by atoms with van der Waals surface area (Å²) in [5, 5.41) is 38.5. The van der Waals surface area contributed by atoms with Crippen LogP contribution < -0.4 is 4.74 Å². The molecule has 30 heavy (non-hydrogen) atoms. The van der Waals surface area contributed by atoms with Gasteiger partial charge in [0.15, 0.2) is 0 Å². The molecule has 156 valence electrons. The Morgan fingerprint density at radius 3 is 2.53 bits per heavy atom. The molecule has 1 heterocycles. The van der Waals surface area contributed by atoms with Gasteiger partial charge < -0.3 is 14.9 Å². The van der Waals surface area contributed by atoms with Gasteiger partial charge in [-0.15, -0.1) is 0 Å². The zero-order valence-corrected chi connectivity index (χ0v) is 18.3. The number of aliphatic hydroxyl groups is 2. The second-order valence-electron chi connectivity index (χ2n) is 6.67. The molecule has 8 nitrogen and oxygen atoms in total. The summed E-state index contributed by atoms with van der Waals surface area (Å²) in [6.45, 7) is -1.62. The molecule has 0 radical (unpaired) electrons. The first-order valence-corrected chi connectivity index (χ1v) is 11.1. The predicted octanol–water partition coefficient (Wildman–Crippen LogP) is 1.35. The quantitative estimate of drug-likeness (QED) is 0.544. The number of benzene rings is 2. The maximum absolute atomic E-state index is 13.9. The summed E-state index contributed by atoms with van der Waals surface area (Å²) in [6.07, 6.45) is -1.21. The van der Waals surface area contributed by atoms with E-state index in [1.54, 1.807) is 6.07 Å². The average molecular weight is 543 g/mol. The molecule has 0 saturated carbocycles. The highest BCUT2D eigenvalue weighted by molar-refractivity contribution is 14.1. The molecule has 1 unspecified atom stereocenters. The Bertz CT molecular complexity index is 1180. The molecule has 0 spiro atoms. The summed E-state index contributed by atoms with van der Waals surface area (Å²) in [7, 11) is -4.18. The normalized spacial score (nSPS) is 21.7. The Hall–Kier alpha value is -2.29. The summed E-state index contributed by atoms with van der Waals surface area (Å²) in [6, 6.07) is 11.2. The zero-order valence-electron chi connectivity index (χ0n) is 15.3. The third-order valence-corrected chi connectivity index (χ3v) is 7.25. The van der Waals surface area contributed by atoms with Gasteiger partial charge in [-0.3, -0.25) is 0 Å².